The number of anilines is 4. The first kappa shape index (κ1) is 19.8. The second-order valence-electron chi connectivity index (χ2n) is 6.59. The molecule has 0 radical (unpaired) electrons. The maximum atomic E-state index is 14.8. The fourth-order valence-electron chi connectivity index (χ4n) is 3.02. The van der Waals surface area contributed by atoms with Crippen LogP contribution in [0.3, 0.4) is 0 Å². The van der Waals surface area contributed by atoms with Gasteiger partial charge in [0.25, 0.3) is 0 Å². The topological polar surface area (TPSA) is 112 Å². The van der Waals surface area contributed by atoms with Crippen LogP contribution in [0.5, 0.6) is 0 Å². The summed E-state index contributed by atoms with van der Waals surface area (Å²) >= 11 is 0. The van der Waals surface area contributed by atoms with E-state index < -0.39 is 10.0 Å². The lowest BCUT2D eigenvalue weighted by atomic mass is 10.2. The third-order valence-corrected chi connectivity index (χ3v) is 5.87. The summed E-state index contributed by atoms with van der Waals surface area (Å²) in [4.78, 5) is 11.7. The summed E-state index contributed by atoms with van der Waals surface area (Å²) in [5, 5.41) is 6.41. The van der Waals surface area contributed by atoms with Crippen molar-refractivity contribution in [1.82, 2.24) is 19.7 Å². The van der Waals surface area contributed by atoms with Crippen molar-refractivity contribution in [1.29, 1.82) is 0 Å². The highest BCUT2D eigenvalue weighted by molar-refractivity contribution is 7.89. The second-order valence-corrected chi connectivity index (χ2v) is 8.48. The SMILES string of the molecule is CNS(=O)(=O)c1cccc(Nc2nccc(Nc3ccc4[nH]c(C)cc4c3F)n2)c1. The number of hydrogen-bond donors (Lipinski definition) is 4. The summed E-state index contributed by atoms with van der Waals surface area (Å²) < 4.78 is 41.0. The molecule has 2 aromatic carbocycles. The predicted octanol–water partition coefficient (Wildman–Crippen LogP) is 3.80. The molecule has 0 bridgehead atoms. The Kier molecular flexibility index (Phi) is 5.10. The number of H-pyrrole nitrogens is 1. The van der Waals surface area contributed by atoms with Crippen molar-refractivity contribution in [2.45, 2.75) is 11.8 Å². The molecule has 0 saturated carbocycles. The van der Waals surface area contributed by atoms with Crippen LogP contribution in [0.15, 0.2) is 59.6 Å². The number of fused-ring (bicyclic) bond motifs is 1. The van der Waals surface area contributed by atoms with Crippen LogP contribution in [-0.2, 0) is 10.0 Å². The predicted molar refractivity (Wildman–Crippen MR) is 114 cm³/mol. The minimum atomic E-state index is -3.57. The van der Waals surface area contributed by atoms with Gasteiger partial charge < -0.3 is 15.6 Å². The summed E-state index contributed by atoms with van der Waals surface area (Å²) in [5.74, 6) is 0.241. The molecule has 4 rings (SSSR count). The molecule has 0 fully saturated rings. The molecule has 4 aromatic rings. The van der Waals surface area contributed by atoms with Crippen LogP contribution in [0.4, 0.5) is 27.5 Å². The van der Waals surface area contributed by atoms with E-state index in [1.54, 1.807) is 36.4 Å². The molecular weight excluding hydrogens is 407 g/mol. The highest BCUT2D eigenvalue weighted by atomic mass is 32.2. The van der Waals surface area contributed by atoms with Crippen LogP contribution in [0.2, 0.25) is 0 Å². The smallest absolute Gasteiger partial charge is 0.240 e. The molecule has 0 spiro atoms. The fourth-order valence-corrected chi connectivity index (χ4v) is 3.79. The molecule has 4 N–H and O–H groups in total. The van der Waals surface area contributed by atoms with Crippen LogP contribution >= 0.6 is 0 Å². The van der Waals surface area contributed by atoms with Crippen molar-refractivity contribution >= 4 is 44.1 Å². The van der Waals surface area contributed by atoms with Crippen molar-refractivity contribution < 1.29 is 12.8 Å². The van der Waals surface area contributed by atoms with Gasteiger partial charge in [-0.1, -0.05) is 6.07 Å². The lowest BCUT2D eigenvalue weighted by molar-refractivity contribution is 0.588. The number of aryl methyl sites for hydroxylation is 1. The number of rotatable bonds is 6. The van der Waals surface area contributed by atoms with Gasteiger partial charge >= 0.3 is 0 Å². The van der Waals surface area contributed by atoms with Crippen LogP contribution in [0, 0.1) is 12.7 Å². The Balaban J connectivity index is 1.58. The molecule has 10 heteroatoms. The second kappa shape index (κ2) is 7.73. The molecule has 8 nitrogen and oxygen atoms in total. The highest BCUT2D eigenvalue weighted by Crippen LogP contribution is 2.27. The van der Waals surface area contributed by atoms with Gasteiger partial charge in [-0.2, -0.15) is 4.98 Å². The maximum Gasteiger partial charge on any atom is 0.240 e. The number of halogens is 1. The lowest BCUT2D eigenvalue weighted by Crippen LogP contribution is -2.18. The van der Waals surface area contributed by atoms with E-state index in [0.717, 1.165) is 11.2 Å². The Labute approximate surface area is 172 Å². The average Bonchev–Trinajstić information content (AvgIpc) is 3.12. The maximum absolute atomic E-state index is 14.8. The molecule has 0 aliphatic carbocycles. The summed E-state index contributed by atoms with van der Waals surface area (Å²) in [5.41, 5.74) is 2.38. The number of aromatic nitrogens is 3. The van der Waals surface area contributed by atoms with Crippen molar-refractivity contribution in [2.75, 3.05) is 17.7 Å². The average molecular weight is 426 g/mol. The molecule has 2 aromatic heterocycles. The van der Waals surface area contributed by atoms with Gasteiger partial charge in [0.1, 0.15) is 5.82 Å². The minimum Gasteiger partial charge on any atom is -0.359 e. The summed E-state index contributed by atoms with van der Waals surface area (Å²) in [6.45, 7) is 1.87. The third kappa shape index (κ3) is 3.95. The van der Waals surface area contributed by atoms with Crippen LogP contribution in [0.25, 0.3) is 10.9 Å². The molecule has 0 unspecified atom stereocenters. The molecule has 30 heavy (non-hydrogen) atoms. The molecule has 0 aliphatic rings. The Morgan fingerprint density at radius 2 is 1.90 bits per heavy atom. The van der Waals surface area contributed by atoms with Gasteiger partial charge in [-0.15, -0.1) is 0 Å². The fraction of sp³-hybridized carbons (Fsp3) is 0.100. The van der Waals surface area contributed by atoms with Gasteiger partial charge in [-0.25, -0.2) is 22.5 Å². The molecule has 2 heterocycles. The van der Waals surface area contributed by atoms with E-state index in [-0.39, 0.29) is 22.3 Å². The minimum absolute atomic E-state index is 0.112. The van der Waals surface area contributed by atoms with Crippen molar-refractivity contribution in [3.05, 3.63) is 66.2 Å². The van der Waals surface area contributed by atoms with E-state index >= 15 is 0 Å². The Hall–Kier alpha value is -3.50. The Bertz CT molecular complexity index is 1340. The number of hydrogen-bond acceptors (Lipinski definition) is 6. The zero-order valence-electron chi connectivity index (χ0n) is 16.2. The first-order chi connectivity index (χ1) is 14.4. The van der Waals surface area contributed by atoms with Crippen LogP contribution in [-0.4, -0.2) is 30.4 Å². The van der Waals surface area contributed by atoms with E-state index in [9.17, 15) is 12.8 Å². The monoisotopic (exact) mass is 426 g/mol. The molecule has 154 valence electrons. The van der Waals surface area contributed by atoms with Gasteiger partial charge in [0.05, 0.1) is 10.6 Å². The van der Waals surface area contributed by atoms with Crippen molar-refractivity contribution in [2.24, 2.45) is 0 Å². The molecule has 0 aliphatic heterocycles. The van der Waals surface area contributed by atoms with E-state index in [2.05, 4.69) is 30.3 Å². The summed E-state index contributed by atoms with van der Waals surface area (Å²) in [7, 11) is -2.22. The van der Waals surface area contributed by atoms with Gasteiger partial charge in [-0.05, 0) is 56.4 Å². The third-order valence-electron chi connectivity index (χ3n) is 4.46. The van der Waals surface area contributed by atoms with E-state index in [1.165, 1.54) is 25.4 Å². The van der Waals surface area contributed by atoms with Crippen LogP contribution < -0.4 is 15.4 Å². The molecule has 0 atom stereocenters. The first-order valence-corrected chi connectivity index (χ1v) is 10.5. The van der Waals surface area contributed by atoms with E-state index in [4.69, 9.17) is 0 Å². The standard InChI is InChI=1S/C20H19FN6O2S/c1-12-10-15-16(24-12)6-7-17(19(15)21)26-18-8-9-23-20(27-18)25-13-4-3-5-14(11-13)30(28,29)22-2/h3-11,22,24H,1-2H3,(H2,23,25,26,27). The number of benzene rings is 2. The van der Waals surface area contributed by atoms with Crippen molar-refractivity contribution in [3.8, 4) is 0 Å². The van der Waals surface area contributed by atoms with Gasteiger partial charge in [0, 0.05) is 28.5 Å². The van der Waals surface area contributed by atoms with E-state index in [0.29, 0.717) is 16.9 Å². The number of nitrogens with zero attached hydrogens (tertiary/aromatic N) is 2. The summed E-state index contributed by atoms with van der Waals surface area (Å²) in [6.07, 6.45) is 1.52. The van der Waals surface area contributed by atoms with Gasteiger partial charge in [0.2, 0.25) is 16.0 Å². The molecular formula is C20H19FN6O2S. The normalized spacial score (nSPS) is 11.6. The molecule has 0 amide bonds. The summed E-state index contributed by atoms with van der Waals surface area (Å²) in [6, 6.07) is 13.0. The zero-order chi connectivity index (χ0) is 21.3. The number of sulfonamides is 1. The van der Waals surface area contributed by atoms with Gasteiger partial charge in [0.15, 0.2) is 5.82 Å². The quantitative estimate of drug-likeness (QED) is 0.373. The highest BCUT2D eigenvalue weighted by Gasteiger charge is 2.13. The zero-order valence-corrected chi connectivity index (χ0v) is 17.0. The first-order valence-electron chi connectivity index (χ1n) is 9.04. The number of nitrogens with one attached hydrogen (secondary N) is 4. The Morgan fingerprint density at radius 1 is 1.07 bits per heavy atom. The van der Waals surface area contributed by atoms with Crippen LogP contribution in [0.1, 0.15) is 5.69 Å². The number of aromatic amines is 1. The molecule has 0 saturated heterocycles. The Morgan fingerprint density at radius 3 is 2.70 bits per heavy atom. The van der Waals surface area contributed by atoms with Crippen molar-refractivity contribution in [3.63, 3.8) is 0 Å². The largest absolute Gasteiger partial charge is 0.359 e. The lowest BCUT2D eigenvalue weighted by Gasteiger charge is -2.10. The van der Waals surface area contributed by atoms with Gasteiger partial charge in [-0.3, -0.25) is 0 Å². The van der Waals surface area contributed by atoms with E-state index in [1.807, 2.05) is 6.92 Å².